The minimum absolute atomic E-state index is 0.115. The van der Waals surface area contributed by atoms with E-state index in [9.17, 15) is 4.79 Å². The number of carbonyl (C=O) groups excluding carboxylic acids is 1. The van der Waals surface area contributed by atoms with E-state index in [1.165, 1.54) is 12.8 Å². The average Bonchev–Trinajstić information content (AvgIpc) is 2.91. The Bertz CT molecular complexity index is 437. The predicted octanol–water partition coefficient (Wildman–Crippen LogP) is 2.28. The van der Waals surface area contributed by atoms with E-state index in [-0.39, 0.29) is 11.8 Å². The fourth-order valence-corrected chi connectivity index (χ4v) is 2.53. The Morgan fingerprint density at radius 1 is 1.39 bits per heavy atom. The third-order valence-corrected chi connectivity index (χ3v) is 3.92. The lowest BCUT2D eigenvalue weighted by Crippen LogP contribution is -2.18. The van der Waals surface area contributed by atoms with Gasteiger partial charge >= 0.3 is 0 Å². The molecule has 2 atom stereocenters. The Hall–Kier alpha value is -1.58. The Labute approximate surface area is 107 Å². The van der Waals surface area contributed by atoms with Crippen molar-refractivity contribution in [2.24, 2.45) is 11.8 Å². The first kappa shape index (κ1) is 11.5. The van der Waals surface area contributed by atoms with Crippen LogP contribution in [0, 0.1) is 11.8 Å². The van der Waals surface area contributed by atoms with E-state index in [1.807, 2.05) is 18.3 Å². The molecule has 0 spiro atoms. The average molecular weight is 245 g/mol. The number of nitrogens with one attached hydrogen (secondary N) is 1. The van der Waals surface area contributed by atoms with Gasteiger partial charge in [-0.05, 0) is 37.3 Å². The van der Waals surface area contributed by atoms with Gasteiger partial charge < -0.3 is 10.2 Å². The Morgan fingerprint density at radius 2 is 2.11 bits per heavy atom. The van der Waals surface area contributed by atoms with Crippen LogP contribution in [-0.2, 0) is 4.79 Å². The summed E-state index contributed by atoms with van der Waals surface area (Å²) >= 11 is 0. The van der Waals surface area contributed by atoms with E-state index >= 15 is 0 Å². The first-order chi connectivity index (χ1) is 8.74. The van der Waals surface area contributed by atoms with Crippen molar-refractivity contribution in [1.29, 1.82) is 0 Å². The van der Waals surface area contributed by atoms with Crippen molar-refractivity contribution in [3.05, 3.63) is 18.3 Å². The molecular formula is C14H19N3O. The number of nitrogens with zero attached hydrogens (tertiary/aromatic N) is 2. The maximum Gasteiger partial charge on any atom is 0.228 e. The maximum atomic E-state index is 11.8. The molecule has 1 aromatic rings. The van der Waals surface area contributed by atoms with Gasteiger partial charge in [0.05, 0.1) is 11.9 Å². The van der Waals surface area contributed by atoms with Crippen LogP contribution in [0.25, 0.3) is 0 Å². The number of anilines is 2. The molecule has 4 heteroatoms. The predicted molar refractivity (Wildman–Crippen MR) is 71.6 cm³/mol. The van der Waals surface area contributed by atoms with Crippen LogP contribution < -0.4 is 10.2 Å². The van der Waals surface area contributed by atoms with Crippen molar-refractivity contribution in [2.75, 3.05) is 23.3 Å². The number of rotatable bonds is 3. The third-order valence-electron chi connectivity index (χ3n) is 3.92. The number of carbonyl (C=O) groups is 1. The Morgan fingerprint density at radius 3 is 2.67 bits per heavy atom. The van der Waals surface area contributed by atoms with Gasteiger partial charge in [-0.3, -0.25) is 4.79 Å². The van der Waals surface area contributed by atoms with E-state index in [1.54, 1.807) is 0 Å². The van der Waals surface area contributed by atoms with Crippen LogP contribution in [0.1, 0.15) is 26.2 Å². The van der Waals surface area contributed by atoms with Crippen molar-refractivity contribution in [3.8, 4) is 0 Å². The van der Waals surface area contributed by atoms with Crippen LogP contribution in [0.3, 0.4) is 0 Å². The van der Waals surface area contributed by atoms with Crippen LogP contribution in [0.15, 0.2) is 18.3 Å². The van der Waals surface area contributed by atoms with Crippen LogP contribution in [0.4, 0.5) is 11.5 Å². The van der Waals surface area contributed by atoms with E-state index in [2.05, 4.69) is 22.1 Å². The molecule has 4 nitrogen and oxygen atoms in total. The zero-order valence-corrected chi connectivity index (χ0v) is 10.7. The summed E-state index contributed by atoms with van der Waals surface area (Å²) in [6.07, 6.45) is 5.39. The van der Waals surface area contributed by atoms with E-state index in [0.29, 0.717) is 11.7 Å². The maximum absolute atomic E-state index is 11.8. The minimum atomic E-state index is 0.115. The van der Waals surface area contributed by atoms with Gasteiger partial charge in [-0.15, -0.1) is 0 Å². The van der Waals surface area contributed by atoms with Crippen molar-refractivity contribution in [1.82, 2.24) is 4.98 Å². The van der Waals surface area contributed by atoms with Gasteiger partial charge in [0.1, 0.15) is 5.82 Å². The van der Waals surface area contributed by atoms with Crippen LogP contribution in [0.2, 0.25) is 0 Å². The molecule has 1 aliphatic carbocycles. The fourth-order valence-electron chi connectivity index (χ4n) is 2.53. The molecule has 18 heavy (non-hydrogen) atoms. The number of amides is 1. The Balaban J connectivity index is 1.62. The molecule has 2 aliphatic rings. The molecule has 1 aliphatic heterocycles. The molecule has 1 saturated heterocycles. The zero-order chi connectivity index (χ0) is 12.5. The number of aromatic nitrogens is 1. The SMILES string of the molecule is C[C@H]1C[C@@H]1C(=O)Nc1ccc(N2CCCC2)cn1. The van der Waals surface area contributed by atoms with Crippen LogP contribution in [-0.4, -0.2) is 24.0 Å². The first-order valence-electron chi connectivity index (χ1n) is 6.76. The standard InChI is InChI=1S/C14H19N3O/c1-10-8-12(10)14(18)16-13-5-4-11(9-15-13)17-6-2-3-7-17/h4-5,9-10,12H,2-3,6-8H2,1H3,(H,15,16,18)/t10-,12-/m0/s1. The van der Waals surface area contributed by atoms with Gasteiger partial charge in [-0.1, -0.05) is 6.92 Å². The summed E-state index contributed by atoms with van der Waals surface area (Å²) in [6.45, 7) is 4.34. The number of pyridine rings is 1. The van der Waals surface area contributed by atoms with Crippen molar-refractivity contribution in [2.45, 2.75) is 26.2 Å². The highest BCUT2D eigenvalue weighted by atomic mass is 16.2. The summed E-state index contributed by atoms with van der Waals surface area (Å²) in [4.78, 5) is 18.4. The van der Waals surface area contributed by atoms with Gasteiger partial charge in [0.25, 0.3) is 0 Å². The van der Waals surface area contributed by atoms with Crippen molar-refractivity contribution < 1.29 is 4.79 Å². The van der Waals surface area contributed by atoms with E-state index in [4.69, 9.17) is 0 Å². The number of hydrogen-bond acceptors (Lipinski definition) is 3. The van der Waals surface area contributed by atoms with Crippen molar-refractivity contribution in [3.63, 3.8) is 0 Å². The van der Waals surface area contributed by atoms with Gasteiger partial charge in [0.15, 0.2) is 0 Å². The van der Waals surface area contributed by atoms with Crippen LogP contribution in [0.5, 0.6) is 0 Å². The Kier molecular flexibility index (Phi) is 2.94. The van der Waals surface area contributed by atoms with Gasteiger partial charge in [0, 0.05) is 19.0 Å². The summed E-state index contributed by atoms with van der Waals surface area (Å²) in [5, 5.41) is 2.88. The fraction of sp³-hybridized carbons (Fsp3) is 0.571. The summed E-state index contributed by atoms with van der Waals surface area (Å²) in [6, 6.07) is 3.95. The molecule has 1 saturated carbocycles. The topological polar surface area (TPSA) is 45.2 Å². The second kappa shape index (κ2) is 4.59. The van der Waals surface area contributed by atoms with Crippen molar-refractivity contribution >= 4 is 17.4 Å². The minimum Gasteiger partial charge on any atom is -0.370 e. The number of hydrogen-bond donors (Lipinski definition) is 1. The van der Waals surface area contributed by atoms with Gasteiger partial charge in [0.2, 0.25) is 5.91 Å². The summed E-state index contributed by atoms with van der Waals surface area (Å²) in [5.41, 5.74) is 1.16. The smallest absolute Gasteiger partial charge is 0.228 e. The summed E-state index contributed by atoms with van der Waals surface area (Å²) in [5.74, 6) is 1.52. The highest BCUT2D eigenvalue weighted by Crippen LogP contribution is 2.38. The largest absolute Gasteiger partial charge is 0.370 e. The van der Waals surface area contributed by atoms with Crippen LogP contribution >= 0.6 is 0 Å². The third kappa shape index (κ3) is 2.33. The normalized spacial score (nSPS) is 26.2. The molecule has 1 N–H and O–H groups in total. The lowest BCUT2D eigenvalue weighted by molar-refractivity contribution is -0.117. The van der Waals surface area contributed by atoms with Gasteiger partial charge in [-0.2, -0.15) is 0 Å². The lowest BCUT2D eigenvalue weighted by Gasteiger charge is -2.17. The quantitative estimate of drug-likeness (QED) is 0.888. The summed E-state index contributed by atoms with van der Waals surface area (Å²) in [7, 11) is 0. The second-order valence-corrected chi connectivity index (χ2v) is 5.40. The molecule has 0 bridgehead atoms. The molecule has 0 radical (unpaired) electrons. The molecule has 1 aromatic heterocycles. The molecule has 2 heterocycles. The molecule has 3 rings (SSSR count). The second-order valence-electron chi connectivity index (χ2n) is 5.40. The molecule has 96 valence electrons. The molecule has 0 aromatic carbocycles. The van der Waals surface area contributed by atoms with E-state index in [0.717, 1.165) is 25.2 Å². The van der Waals surface area contributed by atoms with Gasteiger partial charge in [-0.25, -0.2) is 4.98 Å². The molecular weight excluding hydrogens is 226 g/mol. The van der Waals surface area contributed by atoms with E-state index < -0.39 is 0 Å². The molecule has 2 fully saturated rings. The zero-order valence-electron chi connectivity index (χ0n) is 10.7. The monoisotopic (exact) mass is 245 g/mol. The first-order valence-corrected chi connectivity index (χ1v) is 6.76. The highest BCUT2D eigenvalue weighted by molar-refractivity contribution is 5.93. The highest BCUT2D eigenvalue weighted by Gasteiger charge is 2.39. The molecule has 1 amide bonds. The molecule has 0 unspecified atom stereocenters. The summed E-state index contributed by atoms with van der Waals surface area (Å²) < 4.78 is 0. The lowest BCUT2D eigenvalue weighted by atomic mass is 10.3.